The number of alkyl carbamates (subject to hydrolysis) is 1. The molecule has 0 aliphatic rings. The molecule has 0 saturated carbocycles. The molecule has 0 radical (unpaired) electrons. The molecule has 0 aromatic heterocycles. The predicted molar refractivity (Wildman–Crippen MR) is 72.5 cm³/mol. The molecule has 1 aromatic rings. The predicted octanol–water partition coefficient (Wildman–Crippen LogP) is 3.39. The summed E-state index contributed by atoms with van der Waals surface area (Å²) in [6.45, 7) is 2.47. The number of hydrogen-bond acceptors (Lipinski definition) is 3. The lowest BCUT2D eigenvalue weighted by atomic mass is 10.2. The number of carbonyl (C=O) groups is 1. The molecule has 1 N–H and O–H groups in total. The fourth-order valence-electron chi connectivity index (χ4n) is 1.62. The van der Waals surface area contributed by atoms with E-state index in [4.69, 9.17) is 10.3 Å². The molecule has 1 amide bonds. The normalized spacial score (nSPS) is 11.2. The fourth-order valence-corrected chi connectivity index (χ4v) is 1.62. The number of rotatable bonds is 7. The van der Waals surface area contributed by atoms with E-state index in [0.29, 0.717) is 0 Å². The average molecular weight is 262 g/mol. The summed E-state index contributed by atoms with van der Waals surface area (Å²) in [5.74, 6) is 0. The molecule has 0 heterocycles. The first-order chi connectivity index (χ1) is 9.26. The Morgan fingerprint density at radius 3 is 2.84 bits per heavy atom. The average Bonchev–Trinajstić information content (AvgIpc) is 2.44. The molecule has 19 heavy (non-hydrogen) atoms. The van der Waals surface area contributed by atoms with Crippen LogP contribution in [0.2, 0.25) is 0 Å². The van der Waals surface area contributed by atoms with E-state index in [9.17, 15) is 4.79 Å². The second kappa shape index (κ2) is 8.83. The molecular weight excluding hydrogens is 244 g/mol. The monoisotopic (exact) mass is 262 g/mol. The van der Waals surface area contributed by atoms with Crippen LogP contribution in [0.5, 0.6) is 0 Å². The molecule has 6 heteroatoms. The van der Waals surface area contributed by atoms with E-state index < -0.39 is 6.09 Å². The van der Waals surface area contributed by atoms with Gasteiger partial charge in [0.05, 0.1) is 0 Å². The SMILES string of the molecule is CCC[C@@H](CN=[N+]=[N-])NC(=O)OCc1ccccc1. The Morgan fingerprint density at radius 1 is 1.47 bits per heavy atom. The molecule has 0 aliphatic carbocycles. The van der Waals surface area contributed by atoms with Gasteiger partial charge in [0.1, 0.15) is 6.61 Å². The van der Waals surface area contributed by atoms with Gasteiger partial charge in [0, 0.05) is 17.5 Å². The molecule has 0 fully saturated rings. The van der Waals surface area contributed by atoms with E-state index in [1.165, 1.54) is 0 Å². The highest BCUT2D eigenvalue weighted by molar-refractivity contribution is 5.67. The highest BCUT2D eigenvalue weighted by Crippen LogP contribution is 2.02. The van der Waals surface area contributed by atoms with Crippen molar-refractivity contribution in [2.24, 2.45) is 5.11 Å². The Balaban J connectivity index is 2.37. The van der Waals surface area contributed by atoms with Gasteiger partial charge in [-0.05, 0) is 17.5 Å². The number of nitrogens with one attached hydrogen (secondary N) is 1. The van der Waals surface area contributed by atoms with E-state index in [1.807, 2.05) is 37.3 Å². The van der Waals surface area contributed by atoms with Crippen LogP contribution in [0.4, 0.5) is 4.79 Å². The Morgan fingerprint density at radius 2 is 2.21 bits per heavy atom. The van der Waals surface area contributed by atoms with Gasteiger partial charge in [-0.25, -0.2) is 4.79 Å². The Kier molecular flexibility index (Phi) is 6.90. The van der Waals surface area contributed by atoms with Crippen LogP contribution in [0.15, 0.2) is 35.4 Å². The zero-order chi connectivity index (χ0) is 13.9. The van der Waals surface area contributed by atoms with E-state index in [0.717, 1.165) is 18.4 Å². The zero-order valence-corrected chi connectivity index (χ0v) is 11.0. The first-order valence-electron chi connectivity index (χ1n) is 6.24. The van der Waals surface area contributed by atoms with Gasteiger partial charge in [-0.1, -0.05) is 48.8 Å². The topological polar surface area (TPSA) is 87.1 Å². The number of azide groups is 1. The molecule has 1 aromatic carbocycles. The van der Waals surface area contributed by atoms with Crippen LogP contribution in [-0.2, 0) is 11.3 Å². The van der Waals surface area contributed by atoms with E-state index in [2.05, 4.69) is 15.3 Å². The second-order valence-electron chi connectivity index (χ2n) is 4.11. The van der Waals surface area contributed by atoms with Gasteiger partial charge < -0.3 is 10.1 Å². The Bertz CT molecular complexity index is 430. The largest absolute Gasteiger partial charge is 0.445 e. The third kappa shape index (κ3) is 6.33. The summed E-state index contributed by atoms with van der Waals surface area (Å²) in [5, 5.41) is 6.17. The number of nitrogens with zero attached hydrogens (tertiary/aromatic N) is 3. The van der Waals surface area contributed by atoms with Gasteiger partial charge in [-0.3, -0.25) is 0 Å². The molecule has 6 nitrogen and oxygen atoms in total. The molecule has 102 valence electrons. The van der Waals surface area contributed by atoms with Crippen molar-refractivity contribution < 1.29 is 9.53 Å². The van der Waals surface area contributed by atoms with E-state index >= 15 is 0 Å². The van der Waals surface area contributed by atoms with Crippen molar-refractivity contribution in [2.75, 3.05) is 6.54 Å². The first-order valence-corrected chi connectivity index (χ1v) is 6.24. The maximum absolute atomic E-state index is 11.6. The minimum atomic E-state index is -0.490. The van der Waals surface area contributed by atoms with Crippen LogP contribution in [0, 0.1) is 0 Å². The van der Waals surface area contributed by atoms with Gasteiger partial charge in [-0.15, -0.1) is 0 Å². The van der Waals surface area contributed by atoms with E-state index in [-0.39, 0.29) is 19.2 Å². The van der Waals surface area contributed by atoms with Crippen molar-refractivity contribution in [1.29, 1.82) is 0 Å². The number of hydrogen-bond donors (Lipinski definition) is 1. The van der Waals surface area contributed by atoms with Crippen LogP contribution in [0.1, 0.15) is 25.3 Å². The van der Waals surface area contributed by atoms with Gasteiger partial charge in [0.25, 0.3) is 0 Å². The van der Waals surface area contributed by atoms with Crippen LogP contribution >= 0.6 is 0 Å². The second-order valence-corrected chi connectivity index (χ2v) is 4.11. The lowest BCUT2D eigenvalue weighted by Gasteiger charge is -2.15. The minimum absolute atomic E-state index is 0.177. The van der Waals surface area contributed by atoms with Crippen LogP contribution in [0.25, 0.3) is 10.4 Å². The quantitative estimate of drug-likeness (QED) is 0.463. The maximum atomic E-state index is 11.6. The van der Waals surface area contributed by atoms with Crippen molar-refractivity contribution in [3.63, 3.8) is 0 Å². The van der Waals surface area contributed by atoms with Crippen LogP contribution < -0.4 is 5.32 Å². The number of amides is 1. The summed E-state index contributed by atoms with van der Waals surface area (Å²) >= 11 is 0. The number of carbonyl (C=O) groups excluding carboxylic acids is 1. The third-order valence-corrected chi connectivity index (χ3v) is 2.54. The molecule has 0 aliphatic heterocycles. The van der Waals surface area contributed by atoms with Gasteiger partial charge in [0.15, 0.2) is 0 Å². The zero-order valence-electron chi connectivity index (χ0n) is 11.0. The van der Waals surface area contributed by atoms with Crippen molar-refractivity contribution in [3.8, 4) is 0 Å². The maximum Gasteiger partial charge on any atom is 0.407 e. The molecule has 0 bridgehead atoms. The van der Waals surface area contributed by atoms with Gasteiger partial charge >= 0.3 is 6.09 Å². The van der Waals surface area contributed by atoms with Crippen molar-refractivity contribution in [3.05, 3.63) is 46.3 Å². The first kappa shape index (κ1) is 14.9. The molecule has 1 atom stereocenters. The van der Waals surface area contributed by atoms with Gasteiger partial charge in [-0.2, -0.15) is 0 Å². The highest BCUT2D eigenvalue weighted by atomic mass is 16.5. The summed E-state index contributed by atoms with van der Waals surface area (Å²) in [5.41, 5.74) is 9.21. The number of benzene rings is 1. The minimum Gasteiger partial charge on any atom is -0.445 e. The third-order valence-electron chi connectivity index (χ3n) is 2.54. The number of ether oxygens (including phenoxy) is 1. The summed E-state index contributed by atoms with van der Waals surface area (Å²) in [7, 11) is 0. The summed E-state index contributed by atoms with van der Waals surface area (Å²) in [4.78, 5) is 14.3. The summed E-state index contributed by atoms with van der Waals surface area (Å²) in [6.07, 6.45) is 1.15. The molecule has 0 spiro atoms. The van der Waals surface area contributed by atoms with Gasteiger partial charge in [0.2, 0.25) is 0 Å². The fraction of sp³-hybridized carbons (Fsp3) is 0.462. The van der Waals surface area contributed by atoms with E-state index in [1.54, 1.807) is 0 Å². The standard InChI is InChI=1S/C13H18N4O2/c1-2-6-12(9-15-17-14)16-13(18)19-10-11-7-4-3-5-8-11/h3-5,7-8,12H,2,6,9-10H2,1H3,(H,16,18)/t12-/m0/s1. The lowest BCUT2D eigenvalue weighted by Crippen LogP contribution is -2.37. The Labute approximate surface area is 112 Å². The highest BCUT2D eigenvalue weighted by Gasteiger charge is 2.11. The summed E-state index contributed by atoms with van der Waals surface area (Å²) < 4.78 is 5.10. The Hall–Kier alpha value is -2.20. The van der Waals surface area contributed by atoms with Crippen LogP contribution in [-0.4, -0.2) is 18.7 Å². The molecule has 0 unspecified atom stereocenters. The van der Waals surface area contributed by atoms with Crippen molar-refractivity contribution in [1.82, 2.24) is 5.32 Å². The smallest absolute Gasteiger partial charge is 0.407 e. The summed E-state index contributed by atoms with van der Waals surface area (Å²) in [6, 6.07) is 9.27. The molecule has 1 rings (SSSR count). The van der Waals surface area contributed by atoms with Crippen molar-refractivity contribution in [2.45, 2.75) is 32.4 Å². The molecule has 0 saturated heterocycles. The molecular formula is C13H18N4O2. The van der Waals surface area contributed by atoms with Crippen LogP contribution in [0.3, 0.4) is 0 Å². The van der Waals surface area contributed by atoms with Crippen molar-refractivity contribution >= 4 is 6.09 Å². The lowest BCUT2D eigenvalue weighted by molar-refractivity contribution is 0.135.